The molecule has 0 spiro atoms. The lowest BCUT2D eigenvalue weighted by molar-refractivity contribution is 0.356. The van der Waals surface area contributed by atoms with Gasteiger partial charge < -0.3 is 0 Å². The molecule has 1 aliphatic heterocycles. The summed E-state index contributed by atoms with van der Waals surface area (Å²) in [6, 6.07) is -0.241. The van der Waals surface area contributed by atoms with Crippen LogP contribution in [0.25, 0.3) is 0 Å². The van der Waals surface area contributed by atoms with Crippen molar-refractivity contribution in [2.75, 3.05) is 12.3 Å². The molecular weight excluding hydrogens is 198 g/mol. The first-order valence-corrected chi connectivity index (χ1v) is 6.57. The number of sulfonamides is 1. The number of terminal acetylenes is 1. The van der Waals surface area contributed by atoms with Crippen molar-refractivity contribution < 1.29 is 8.42 Å². The van der Waals surface area contributed by atoms with Crippen LogP contribution in [-0.2, 0) is 10.0 Å². The lowest BCUT2D eigenvalue weighted by Crippen LogP contribution is -2.35. The van der Waals surface area contributed by atoms with Gasteiger partial charge in [-0.3, -0.25) is 0 Å². The third-order valence-electron chi connectivity index (χ3n) is 2.45. The molecule has 0 amide bonds. The maximum Gasteiger partial charge on any atom is 0.215 e. The van der Waals surface area contributed by atoms with Gasteiger partial charge in [-0.25, -0.2) is 8.42 Å². The third kappa shape index (κ3) is 2.28. The van der Waals surface area contributed by atoms with Crippen molar-refractivity contribution in [3.8, 4) is 12.3 Å². The van der Waals surface area contributed by atoms with Crippen LogP contribution in [0.5, 0.6) is 0 Å². The molecule has 0 aliphatic carbocycles. The van der Waals surface area contributed by atoms with E-state index in [1.54, 1.807) is 0 Å². The molecule has 0 bridgehead atoms. The van der Waals surface area contributed by atoms with Gasteiger partial charge in [0.25, 0.3) is 0 Å². The van der Waals surface area contributed by atoms with E-state index in [0.29, 0.717) is 6.54 Å². The van der Waals surface area contributed by atoms with E-state index < -0.39 is 10.0 Å². The van der Waals surface area contributed by atoms with Crippen molar-refractivity contribution in [1.82, 2.24) is 4.31 Å². The quantitative estimate of drug-likeness (QED) is 0.660. The topological polar surface area (TPSA) is 37.4 Å². The van der Waals surface area contributed by atoms with Gasteiger partial charge in [0, 0.05) is 6.54 Å². The molecule has 1 aliphatic rings. The van der Waals surface area contributed by atoms with Crippen LogP contribution in [0.3, 0.4) is 0 Å². The van der Waals surface area contributed by atoms with Gasteiger partial charge in [0.05, 0.1) is 11.8 Å². The maximum atomic E-state index is 11.7. The second-order valence-electron chi connectivity index (χ2n) is 3.92. The Morgan fingerprint density at radius 2 is 2.29 bits per heavy atom. The Morgan fingerprint density at radius 1 is 1.64 bits per heavy atom. The second-order valence-corrected chi connectivity index (χ2v) is 5.89. The zero-order valence-electron chi connectivity index (χ0n) is 8.73. The molecule has 1 fully saturated rings. The molecular formula is C10H17NO2S. The largest absolute Gasteiger partial charge is 0.215 e. The number of rotatable bonds is 3. The van der Waals surface area contributed by atoms with Crippen LogP contribution >= 0.6 is 0 Å². The van der Waals surface area contributed by atoms with Gasteiger partial charge in [-0.2, -0.15) is 4.31 Å². The second kappa shape index (κ2) is 4.33. The van der Waals surface area contributed by atoms with E-state index in [-0.39, 0.29) is 17.7 Å². The Balaban J connectivity index is 2.82. The molecule has 0 aromatic carbocycles. The summed E-state index contributed by atoms with van der Waals surface area (Å²) in [5.74, 6) is 3.01. The molecule has 4 heteroatoms. The molecule has 1 heterocycles. The fourth-order valence-corrected chi connectivity index (χ4v) is 3.89. The lowest BCUT2D eigenvalue weighted by atomic mass is 10.1. The van der Waals surface area contributed by atoms with Crippen molar-refractivity contribution in [2.45, 2.75) is 32.7 Å². The number of hydrogen-bond acceptors (Lipinski definition) is 2. The first-order valence-electron chi connectivity index (χ1n) is 4.97. The summed E-state index contributed by atoms with van der Waals surface area (Å²) in [5, 5.41) is 0. The molecule has 2 atom stereocenters. The highest BCUT2D eigenvalue weighted by atomic mass is 32.2. The van der Waals surface area contributed by atoms with Gasteiger partial charge >= 0.3 is 0 Å². The Hall–Kier alpha value is -0.530. The summed E-state index contributed by atoms with van der Waals surface area (Å²) < 4.78 is 24.8. The van der Waals surface area contributed by atoms with Gasteiger partial charge in [0.15, 0.2) is 0 Å². The van der Waals surface area contributed by atoms with Gasteiger partial charge in [0.1, 0.15) is 0 Å². The Kier molecular flexibility index (Phi) is 3.57. The summed E-state index contributed by atoms with van der Waals surface area (Å²) in [6.07, 6.45) is 7.01. The Labute approximate surface area is 86.5 Å². The highest BCUT2D eigenvalue weighted by Crippen LogP contribution is 2.23. The molecule has 0 saturated carbocycles. The van der Waals surface area contributed by atoms with Crippen LogP contribution in [0.1, 0.15) is 26.7 Å². The van der Waals surface area contributed by atoms with Crippen LogP contribution in [-0.4, -0.2) is 31.1 Å². The summed E-state index contributed by atoms with van der Waals surface area (Å²) in [4.78, 5) is 0. The fraction of sp³-hybridized carbons (Fsp3) is 0.800. The summed E-state index contributed by atoms with van der Waals surface area (Å²) in [5.41, 5.74) is 0. The van der Waals surface area contributed by atoms with Gasteiger partial charge in [-0.15, -0.1) is 6.42 Å². The first-order chi connectivity index (χ1) is 6.51. The average molecular weight is 215 g/mol. The zero-order chi connectivity index (χ0) is 10.8. The standard InChI is InChI=1S/C10H17NO2S/c1-4-6-10(5-2)11-7-9(3)8-14(11,12)13/h2,9-10H,4,6-8H2,1,3H3. The monoisotopic (exact) mass is 215 g/mol. The van der Waals surface area contributed by atoms with E-state index in [0.717, 1.165) is 12.8 Å². The minimum absolute atomic E-state index is 0.202. The van der Waals surface area contributed by atoms with Crippen LogP contribution in [0.4, 0.5) is 0 Å². The van der Waals surface area contributed by atoms with E-state index >= 15 is 0 Å². The highest BCUT2D eigenvalue weighted by molar-refractivity contribution is 7.89. The zero-order valence-corrected chi connectivity index (χ0v) is 9.55. The van der Waals surface area contributed by atoms with Crippen LogP contribution in [0.15, 0.2) is 0 Å². The molecule has 3 nitrogen and oxygen atoms in total. The van der Waals surface area contributed by atoms with Crippen molar-refractivity contribution in [3.05, 3.63) is 0 Å². The Bertz CT molecular complexity index is 329. The van der Waals surface area contributed by atoms with Crippen molar-refractivity contribution >= 4 is 10.0 Å². The predicted molar refractivity (Wildman–Crippen MR) is 57.2 cm³/mol. The average Bonchev–Trinajstić information content (AvgIpc) is 2.35. The molecule has 80 valence electrons. The van der Waals surface area contributed by atoms with E-state index in [9.17, 15) is 8.42 Å². The third-order valence-corrected chi connectivity index (χ3v) is 4.55. The lowest BCUT2D eigenvalue weighted by Gasteiger charge is -2.21. The predicted octanol–water partition coefficient (Wildman–Crippen LogP) is 1.07. The van der Waals surface area contributed by atoms with E-state index in [1.165, 1.54) is 4.31 Å². The van der Waals surface area contributed by atoms with E-state index in [2.05, 4.69) is 5.92 Å². The molecule has 0 aromatic rings. The highest BCUT2D eigenvalue weighted by Gasteiger charge is 2.37. The van der Waals surface area contributed by atoms with Crippen molar-refractivity contribution in [1.29, 1.82) is 0 Å². The van der Waals surface area contributed by atoms with Gasteiger partial charge in [0.2, 0.25) is 10.0 Å². The maximum absolute atomic E-state index is 11.7. The Morgan fingerprint density at radius 3 is 2.64 bits per heavy atom. The molecule has 0 aromatic heterocycles. The summed E-state index contributed by atoms with van der Waals surface area (Å²) in [6.45, 7) is 4.53. The number of nitrogens with zero attached hydrogens (tertiary/aromatic N) is 1. The van der Waals surface area contributed by atoms with Gasteiger partial charge in [-0.05, 0) is 12.3 Å². The molecule has 1 rings (SSSR count). The first kappa shape index (κ1) is 11.5. The molecule has 0 radical (unpaired) electrons. The number of hydrogen-bond donors (Lipinski definition) is 0. The molecule has 0 N–H and O–H groups in total. The van der Waals surface area contributed by atoms with Crippen LogP contribution in [0.2, 0.25) is 0 Å². The van der Waals surface area contributed by atoms with E-state index in [4.69, 9.17) is 6.42 Å². The molecule has 2 unspecified atom stereocenters. The summed E-state index contributed by atoms with van der Waals surface area (Å²) in [7, 11) is -3.08. The minimum Gasteiger partial charge on any atom is -0.212 e. The van der Waals surface area contributed by atoms with Gasteiger partial charge in [-0.1, -0.05) is 26.2 Å². The van der Waals surface area contributed by atoms with Crippen LogP contribution < -0.4 is 0 Å². The van der Waals surface area contributed by atoms with Crippen molar-refractivity contribution in [2.24, 2.45) is 5.92 Å². The minimum atomic E-state index is -3.08. The molecule has 14 heavy (non-hydrogen) atoms. The van der Waals surface area contributed by atoms with Crippen LogP contribution in [0, 0.1) is 18.3 Å². The fourth-order valence-electron chi connectivity index (χ4n) is 1.83. The SMILES string of the molecule is C#CC(CCC)N1CC(C)CS1(=O)=O. The van der Waals surface area contributed by atoms with E-state index in [1.807, 2.05) is 13.8 Å². The smallest absolute Gasteiger partial charge is 0.212 e. The molecule has 1 saturated heterocycles. The normalized spacial score (nSPS) is 28.5. The summed E-state index contributed by atoms with van der Waals surface area (Å²) >= 11 is 0. The van der Waals surface area contributed by atoms with Crippen molar-refractivity contribution in [3.63, 3.8) is 0 Å².